The van der Waals surface area contributed by atoms with Crippen molar-refractivity contribution in [1.82, 2.24) is 10.3 Å². The van der Waals surface area contributed by atoms with Crippen LogP contribution in [0.3, 0.4) is 0 Å². The molecular weight excluding hydrogens is 342 g/mol. The maximum atomic E-state index is 12.6. The van der Waals surface area contributed by atoms with Crippen molar-refractivity contribution in [2.45, 2.75) is 32.2 Å². The lowest BCUT2D eigenvalue weighted by Crippen LogP contribution is -2.31. The monoisotopic (exact) mass is 365 g/mol. The van der Waals surface area contributed by atoms with Crippen LogP contribution in [-0.2, 0) is 24.1 Å². The number of aromatic nitrogens is 1. The predicted molar refractivity (Wildman–Crippen MR) is 107 cm³/mol. The summed E-state index contributed by atoms with van der Waals surface area (Å²) in [6.45, 7) is 2.09. The Morgan fingerprint density at radius 2 is 1.85 bits per heavy atom. The van der Waals surface area contributed by atoms with Crippen LogP contribution in [0.15, 0.2) is 60.0 Å². The molecule has 0 unspecified atom stereocenters. The molecule has 0 bridgehead atoms. The number of nitrogen functional groups attached to an aromatic ring is 1. The summed E-state index contributed by atoms with van der Waals surface area (Å²) in [6, 6.07) is 17.4. The van der Waals surface area contributed by atoms with E-state index in [4.69, 9.17) is 5.73 Å². The van der Waals surface area contributed by atoms with Crippen LogP contribution in [-0.4, -0.2) is 10.9 Å². The van der Waals surface area contributed by atoms with Crippen LogP contribution in [0.2, 0.25) is 0 Å². The van der Waals surface area contributed by atoms with Crippen molar-refractivity contribution in [3.05, 3.63) is 81.8 Å². The van der Waals surface area contributed by atoms with Crippen LogP contribution >= 0.6 is 11.3 Å². The Bertz CT molecular complexity index is 843. The van der Waals surface area contributed by atoms with Crippen molar-refractivity contribution in [1.29, 1.82) is 0 Å². The number of hydrogen-bond donors (Lipinski definition) is 2. The summed E-state index contributed by atoms with van der Waals surface area (Å²) in [5.74, 6) is 0.00453. The number of rotatable bonds is 7. The van der Waals surface area contributed by atoms with Crippen molar-refractivity contribution >= 4 is 22.9 Å². The molecule has 4 nitrogen and oxygen atoms in total. The number of amides is 1. The molecule has 26 heavy (non-hydrogen) atoms. The third kappa shape index (κ3) is 4.92. The first-order valence-corrected chi connectivity index (χ1v) is 9.64. The fraction of sp³-hybridized carbons (Fsp3) is 0.238. The number of benzene rings is 2. The lowest BCUT2D eigenvalue weighted by molar-refractivity contribution is -0.121. The third-order valence-electron chi connectivity index (χ3n) is 4.19. The van der Waals surface area contributed by atoms with Crippen molar-refractivity contribution in [2.75, 3.05) is 5.73 Å². The van der Waals surface area contributed by atoms with E-state index in [1.54, 1.807) is 11.3 Å². The van der Waals surface area contributed by atoms with E-state index >= 15 is 0 Å². The summed E-state index contributed by atoms with van der Waals surface area (Å²) in [5, 5.41) is 6.17. The van der Waals surface area contributed by atoms with Crippen molar-refractivity contribution in [3.8, 4) is 0 Å². The van der Waals surface area contributed by atoms with E-state index in [1.807, 2.05) is 54.6 Å². The molecule has 0 aliphatic carbocycles. The molecule has 0 aliphatic heterocycles. The highest BCUT2D eigenvalue weighted by atomic mass is 32.1. The highest BCUT2D eigenvalue weighted by Crippen LogP contribution is 2.23. The van der Waals surface area contributed by atoms with E-state index < -0.39 is 0 Å². The molecule has 0 spiro atoms. The standard InChI is InChI=1S/C21H23N3OS/c1-2-18-14-26-21(23-18)19(12-16-8-10-17(22)11-9-16)24-20(25)13-15-6-4-3-5-7-15/h3-11,14,19H,2,12-13,22H2,1H3,(H,24,25)/t19-/m0/s1. The maximum absolute atomic E-state index is 12.6. The zero-order valence-corrected chi connectivity index (χ0v) is 15.6. The molecule has 3 N–H and O–H groups in total. The highest BCUT2D eigenvalue weighted by molar-refractivity contribution is 7.09. The van der Waals surface area contributed by atoms with Crippen LogP contribution < -0.4 is 11.1 Å². The smallest absolute Gasteiger partial charge is 0.224 e. The average molecular weight is 366 g/mol. The SMILES string of the molecule is CCc1csc([C@H](Cc2ccc(N)cc2)NC(=O)Cc2ccccc2)n1. The maximum Gasteiger partial charge on any atom is 0.224 e. The first-order chi connectivity index (χ1) is 12.6. The van der Waals surface area contributed by atoms with Gasteiger partial charge in [-0.15, -0.1) is 11.3 Å². The minimum atomic E-state index is -0.139. The zero-order valence-electron chi connectivity index (χ0n) is 14.8. The Balaban J connectivity index is 1.75. The van der Waals surface area contributed by atoms with Gasteiger partial charge in [0.15, 0.2) is 0 Å². The summed E-state index contributed by atoms with van der Waals surface area (Å²) in [6.07, 6.45) is 1.95. The molecule has 0 saturated carbocycles. The quantitative estimate of drug-likeness (QED) is 0.623. The molecule has 1 amide bonds. The topological polar surface area (TPSA) is 68.0 Å². The number of aryl methyl sites for hydroxylation is 1. The first kappa shape index (κ1) is 18.1. The van der Waals surface area contributed by atoms with Crippen molar-refractivity contribution in [2.24, 2.45) is 0 Å². The molecule has 0 aliphatic rings. The number of nitrogens with zero attached hydrogens (tertiary/aromatic N) is 1. The van der Waals surface area contributed by atoms with Gasteiger partial charge in [0.05, 0.1) is 18.2 Å². The van der Waals surface area contributed by atoms with Gasteiger partial charge in [0.25, 0.3) is 0 Å². The van der Waals surface area contributed by atoms with Gasteiger partial charge in [0, 0.05) is 11.1 Å². The van der Waals surface area contributed by atoms with E-state index in [0.717, 1.165) is 33.9 Å². The summed E-state index contributed by atoms with van der Waals surface area (Å²) in [7, 11) is 0. The number of carbonyl (C=O) groups excluding carboxylic acids is 1. The molecule has 1 heterocycles. The lowest BCUT2D eigenvalue weighted by Gasteiger charge is -2.17. The molecule has 0 radical (unpaired) electrons. The van der Waals surface area contributed by atoms with E-state index in [2.05, 4.69) is 22.6 Å². The van der Waals surface area contributed by atoms with Crippen molar-refractivity contribution < 1.29 is 4.79 Å². The Kier molecular flexibility index (Phi) is 6.02. The molecule has 5 heteroatoms. The van der Waals surface area contributed by atoms with Crippen molar-refractivity contribution in [3.63, 3.8) is 0 Å². The summed E-state index contributed by atoms with van der Waals surface area (Å²) in [4.78, 5) is 17.2. The Hall–Kier alpha value is -2.66. The molecule has 0 fully saturated rings. The average Bonchev–Trinajstić information content (AvgIpc) is 3.13. The predicted octanol–water partition coefficient (Wildman–Crippen LogP) is 3.93. The number of carbonyl (C=O) groups is 1. The minimum absolute atomic E-state index is 0.00453. The number of anilines is 1. The Labute approximate surface area is 158 Å². The fourth-order valence-electron chi connectivity index (χ4n) is 2.76. The molecule has 3 aromatic rings. The second-order valence-corrected chi connectivity index (χ2v) is 7.15. The van der Waals surface area contributed by atoms with Crippen LogP contribution in [0.1, 0.15) is 34.8 Å². The molecule has 1 atom stereocenters. The van der Waals surface area contributed by atoms with Crippen LogP contribution in [0.4, 0.5) is 5.69 Å². The zero-order chi connectivity index (χ0) is 18.4. The number of thiazole rings is 1. The van der Waals surface area contributed by atoms with E-state index in [-0.39, 0.29) is 11.9 Å². The van der Waals surface area contributed by atoms with E-state index in [9.17, 15) is 4.79 Å². The van der Waals surface area contributed by atoms with Gasteiger partial charge in [0.1, 0.15) is 5.01 Å². The minimum Gasteiger partial charge on any atom is -0.399 e. The number of hydrogen-bond acceptors (Lipinski definition) is 4. The summed E-state index contributed by atoms with van der Waals surface area (Å²) < 4.78 is 0. The normalized spacial score (nSPS) is 11.9. The first-order valence-electron chi connectivity index (χ1n) is 8.76. The molecule has 134 valence electrons. The number of nitrogens with two attached hydrogens (primary N) is 1. The second-order valence-electron chi connectivity index (χ2n) is 6.26. The molecule has 1 aromatic heterocycles. The van der Waals surface area contributed by atoms with Crippen LogP contribution in [0, 0.1) is 0 Å². The molecule has 3 rings (SSSR count). The van der Waals surface area contributed by atoms with E-state index in [0.29, 0.717) is 12.8 Å². The second kappa shape index (κ2) is 8.63. The fourth-order valence-corrected chi connectivity index (χ4v) is 3.71. The van der Waals surface area contributed by atoms with Gasteiger partial charge in [-0.2, -0.15) is 0 Å². The van der Waals surface area contributed by atoms with Gasteiger partial charge < -0.3 is 11.1 Å². The van der Waals surface area contributed by atoms with Gasteiger partial charge in [-0.3, -0.25) is 4.79 Å². The van der Waals surface area contributed by atoms with Crippen LogP contribution in [0.25, 0.3) is 0 Å². The van der Waals surface area contributed by atoms with Gasteiger partial charge in [0.2, 0.25) is 5.91 Å². The largest absolute Gasteiger partial charge is 0.399 e. The molecule has 0 saturated heterocycles. The van der Waals surface area contributed by atoms with Crippen LogP contribution in [0.5, 0.6) is 0 Å². The molecular formula is C21H23N3OS. The van der Waals surface area contributed by atoms with Gasteiger partial charge >= 0.3 is 0 Å². The Morgan fingerprint density at radius 1 is 1.12 bits per heavy atom. The summed E-state index contributed by atoms with van der Waals surface area (Å²) >= 11 is 1.60. The Morgan fingerprint density at radius 3 is 2.50 bits per heavy atom. The third-order valence-corrected chi connectivity index (χ3v) is 5.20. The molecule has 2 aromatic carbocycles. The van der Waals surface area contributed by atoms with E-state index in [1.165, 1.54) is 0 Å². The number of nitrogens with one attached hydrogen (secondary N) is 1. The van der Waals surface area contributed by atoms with Gasteiger partial charge in [-0.05, 0) is 36.1 Å². The highest BCUT2D eigenvalue weighted by Gasteiger charge is 2.19. The van der Waals surface area contributed by atoms with Gasteiger partial charge in [-0.1, -0.05) is 49.4 Å². The van der Waals surface area contributed by atoms with Gasteiger partial charge in [-0.25, -0.2) is 4.98 Å². The summed E-state index contributed by atoms with van der Waals surface area (Å²) in [5.41, 5.74) is 9.70. The lowest BCUT2D eigenvalue weighted by atomic mass is 10.0.